The first-order chi connectivity index (χ1) is 7.79. The van der Waals surface area contributed by atoms with E-state index in [0.717, 1.165) is 38.3 Å². The lowest BCUT2D eigenvalue weighted by atomic mass is 9.90. The molecule has 0 radical (unpaired) electrons. The summed E-state index contributed by atoms with van der Waals surface area (Å²) in [6, 6.07) is 0.202. The molecule has 2 heterocycles. The first-order valence-corrected chi connectivity index (χ1v) is 5.56. The van der Waals surface area contributed by atoms with Crippen LogP contribution in [0.5, 0.6) is 0 Å². The van der Waals surface area contributed by atoms with Gasteiger partial charge in [0.1, 0.15) is 0 Å². The summed E-state index contributed by atoms with van der Waals surface area (Å²) in [6.07, 6.45) is 2.79. The maximum atomic E-state index is 5.58. The number of hydrogen-bond donors (Lipinski definition) is 2. The highest BCUT2D eigenvalue weighted by Gasteiger charge is 2.24. The topological polar surface area (TPSA) is 90.9 Å². The van der Waals surface area contributed by atoms with Crippen LogP contribution in [0.15, 0.2) is 0 Å². The highest BCUT2D eigenvalue weighted by Crippen LogP contribution is 2.20. The van der Waals surface area contributed by atoms with Gasteiger partial charge in [-0.2, -0.15) is 4.80 Å². The molecule has 1 atom stereocenters. The summed E-state index contributed by atoms with van der Waals surface area (Å²) in [4.78, 5) is 1.47. The van der Waals surface area contributed by atoms with Crippen LogP contribution < -0.4 is 11.3 Å². The van der Waals surface area contributed by atoms with Gasteiger partial charge in [-0.05, 0) is 24.0 Å². The van der Waals surface area contributed by atoms with Crippen molar-refractivity contribution in [3.05, 3.63) is 5.82 Å². The minimum Gasteiger partial charge on any atom is -0.381 e. The molecular formula is C9H18N6O. The second kappa shape index (κ2) is 5.33. The Labute approximate surface area is 94.3 Å². The Hall–Kier alpha value is -1.05. The third-order valence-corrected chi connectivity index (χ3v) is 3.00. The Morgan fingerprint density at radius 3 is 2.88 bits per heavy atom. The van der Waals surface area contributed by atoms with Crippen LogP contribution in [0.25, 0.3) is 0 Å². The van der Waals surface area contributed by atoms with E-state index in [1.165, 1.54) is 4.80 Å². The van der Waals surface area contributed by atoms with Crippen molar-refractivity contribution >= 4 is 0 Å². The average molecular weight is 226 g/mol. The molecule has 1 saturated heterocycles. The summed E-state index contributed by atoms with van der Waals surface area (Å²) in [5, 5.41) is 11.9. The largest absolute Gasteiger partial charge is 0.381 e. The fraction of sp³-hybridized carbons (Fsp3) is 0.889. The number of nitrogens with zero attached hydrogens (tertiary/aromatic N) is 4. The predicted molar refractivity (Wildman–Crippen MR) is 57.2 cm³/mol. The lowest BCUT2D eigenvalue weighted by molar-refractivity contribution is 0.0535. The zero-order chi connectivity index (χ0) is 11.4. The lowest BCUT2D eigenvalue weighted by Crippen LogP contribution is -2.44. The van der Waals surface area contributed by atoms with Gasteiger partial charge < -0.3 is 4.74 Å². The van der Waals surface area contributed by atoms with Gasteiger partial charge in [0.25, 0.3) is 0 Å². The number of rotatable bonds is 4. The van der Waals surface area contributed by atoms with E-state index in [2.05, 4.69) is 20.8 Å². The van der Waals surface area contributed by atoms with E-state index in [-0.39, 0.29) is 6.04 Å². The normalized spacial score (nSPS) is 19.9. The predicted octanol–water partition coefficient (Wildman–Crippen LogP) is -0.989. The molecule has 1 fully saturated rings. The van der Waals surface area contributed by atoms with Gasteiger partial charge in [0.05, 0.1) is 7.05 Å². The average Bonchev–Trinajstić information content (AvgIpc) is 2.73. The summed E-state index contributed by atoms with van der Waals surface area (Å²) in [7, 11) is 1.76. The highest BCUT2D eigenvalue weighted by molar-refractivity contribution is 4.88. The van der Waals surface area contributed by atoms with Gasteiger partial charge in [-0.25, -0.2) is 0 Å². The van der Waals surface area contributed by atoms with Crippen molar-refractivity contribution in [3.63, 3.8) is 0 Å². The third kappa shape index (κ3) is 2.75. The van der Waals surface area contributed by atoms with Gasteiger partial charge in [0.2, 0.25) is 0 Å². The minimum atomic E-state index is 0.202. The monoisotopic (exact) mass is 226 g/mol. The van der Waals surface area contributed by atoms with Gasteiger partial charge in [-0.3, -0.25) is 11.3 Å². The molecule has 0 saturated carbocycles. The van der Waals surface area contributed by atoms with Gasteiger partial charge >= 0.3 is 0 Å². The number of aromatic nitrogens is 4. The number of ether oxygens (including phenoxy) is 1. The molecule has 1 aliphatic rings. The number of tetrazole rings is 1. The van der Waals surface area contributed by atoms with Crippen molar-refractivity contribution in [2.45, 2.75) is 25.3 Å². The lowest BCUT2D eigenvalue weighted by Gasteiger charge is -2.28. The smallest absolute Gasteiger partial charge is 0.176 e. The minimum absolute atomic E-state index is 0.202. The molecule has 0 bridgehead atoms. The number of hydrogen-bond acceptors (Lipinski definition) is 6. The molecular weight excluding hydrogens is 208 g/mol. The fourth-order valence-electron chi connectivity index (χ4n) is 2.08. The van der Waals surface area contributed by atoms with E-state index in [9.17, 15) is 0 Å². The first-order valence-electron chi connectivity index (χ1n) is 5.56. The maximum Gasteiger partial charge on any atom is 0.176 e. The zero-order valence-corrected chi connectivity index (χ0v) is 9.46. The number of hydrazine groups is 1. The number of nitrogens with one attached hydrogen (secondary N) is 1. The molecule has 1 aromatic heterocycles. The Morgan fingerprint density at radius 2 is 2.31 bits per heavy atom. The van der Waals surface area contributed by atoms with Crippen molar-refractivity contribution in [2.75, 3.05) is 13.2 Å². The van der Waals surface area contributed by atoms with Crippen LogP contribution in [-0.2, 0) is 18.2 Å². The molecule has 2 rings (SSSR count). The molecule has 0 amide bonds. The van der Waals surface area contributed by atoms with Crippen molar-refractivity contribution in [1.29, 1.82) is 0 Å². The molecule has 3 N–H and O–H groups in total. The second-order valence-electron chi connectivity index (χ2n) is 4.12. The van der Waals surface area contributed by atoms with Gasteiger partial charge in [0.15, 0.2) is 5.82 Å². The van der Waals surface area contributed by atoms with Gasteiger partial charge in [-0.1, -0.05) is 0 Å². The zero-order valence-electron chi connectivity index (χ0n) is 9.46. The van der Waals surface area contributed by atoms with Crippen molar-refractivity contribution in [3.8, 4) is 0 Å². The van der Waals surface area contributed by atoms with Crippen LogP contribution in [0.3, 0.4) is 0 Å². The third-order valence-electron chi connectivity index (χ3n) is 3.00. The first kappa shape index (κ1) is 11.4. The Morgan fingerprint density at radius 1 is 1.56 bits per heavy atom. The summed E-state index contributed by atoms with van der Waals surface area (Å²) >= 11 is 0. The molecule has 90 valence electrons. The number of aryl methyl sites for hydroxylation is 1. The number of nitrogens with two attached hydrogens (primary N) is 1. The summed E-state index contributed by atoms with van der Waals surface area (Å²) in [6.45, 7) is 1.63. The SMILES string of the molecule is Cn1nnc(CC(NN)C2CCOCC2)n1. The summed E-state index contributed by atoms with van der Waals surface area (Å²) in [5.74, 6) is 6.85. The molecule has 16 heavy (non-hydrogen) atoms. The molecule has 0 spiro atoms. The quantitative estimate of drug-likeness (QED) is 0.506. The molecule has 7 nitrogen and oxygen atoms in total. The van der Waals surface area contributed by atoms with Gasteiger partial charge in [-0.15, -0.1) is 10.2 Å². The van der Waals surface area contributed by atoms with Crippen LogP contribution in [0.1, 0.15) is 18.7 Å². The standard InChI is InChI=1S/C9H18N6O/c1-15-13-9(12-14-15)6-8(11-10)7-2-4-16-5-3-7/h7-8,11H,2-6,10H2,1H3. The molecule has 7 heteroatoms. The van der Waals surface area contributed by atoms with E-state index >= 15 is 0 Å². The van der Waals surface area contributed by atoms with E-state index in [4.69, 9.17) is 10.6 Å². The molecule has 0 aliphatic carbocycles. The molecule has 1 aromatic rings. The van der Waals surface area contributed by atoms with Crippen molar-refractivity contribution in [2.24, 2.45) is 18.8 Å². The summed E-state index contributed by atoms with van der Waals surface area (Å²) in [5.41, 5.74) is 2.86. The van der Waals surface area contributed by atoms with E-state index < -0.39 is 0 Å². The summed E-state index contributed by atoms with van der Waals surface area (Å²) < 4.78 is 5.33. The second-order valence-corrected chi connectivity index (χ2v) is 4.12. The van der Waals surface area contributed by atoms with Crippen LogP contribution in [0.2, 0.25) is 0 Å². The van der Waals surface area contributed by atoms with Crippen molar-refractivity contribution in [1.82, 2.24) is 25.6 Å². The van der Waals surface area contributed by atoms with Crippen LogP contribution in [-0.4, -0.2) is 39.5 Å². The van der Waals surface area contributed by atoms with Gasteiger partial charge in [0, 0.05) is 25.7 Å². The highest BCUT2D eigenvalue weighted by atomic mass is 16.5. The molecule has 1 unspecified atom stereocenters. The molecule has 0 aromatic carbocycles. The fourth-order valence-corrected chi connectivity index (χ4v) is 2.08. The van der Waals surface area contributed by atoms with E-state index in [1.807, 2.05) is 0 Å². The Bertz CT molecular complexity index is 322. The van der Waals surface area contributed by atoms with Crippen LogP contribution in [0.4, 0.5) is 0 Å². The van der Waals surface area contributed by atoms with E-state index in [0.29, 0.717) is 5.92 Å². The maximum absolute atomic E-state index is 5.58. The molecule has 1 aliphatic heterocycles. The van der Waals surface area contributed by atoms with E-state index in [1.54, 1.807) is 7.05 Å². The van der Waals surface area contributed by atoms with Crippen LogP contribution >= 0.6 is 0 Å². The van der Waals surface area contributed by atoms with Crippen LogP contribution in [0, 0.1) is 5.92 Å². The van der Waals surface area contributed by atoms with Crippen molar-refractivity contribution < 1.29 is 4.74 Å². The Kier molecular flexibility index (Phi) is 3.81. The Balaban J connectivity index is 1.94.